The third-order valence-corrected chi connectivity index (χ3v) is 3.28. The quantitative estimate of drug-likeness (QED) is 0.915. The lowest BCUT2D eigenvalue weighted by Gasteiger charge is -2.21. The zero-order valence-corrected chi connectivity index (χ0v) is 10.2. The maximum atomic E-state index is 13.7. The van der Waals surface area contributed by atoms with Crippen LogP contribution in [0.2, 0.25) is 5.02 Å². The summed E-state index contributed by atoms with van der Waals surface area (Å²) in [5.41, 5.74) is 0.226. The molecule has 1 heterocycles. The molecule has 6 heteroatoms. The lowest BCUT2D eigenvalue weighted by atomic mass is 10.1. The van der Waals surface area contributed by atoms with Crippen molar-refractivity contribution in [1.29, 1.82) is 0 Å². The van der Waals surface area contributed by atoms with Gasteiger partial charge in [0.1, 0.15) is 11.9 Å². The standard InChI is InChI=1S/C12H11ClFNO3/c13-8-3-1-2-7(11(8)14)6-15-9(12(17)18)4-5-10(15)16/h1-3,9H,4-6H2,(H,17,18). The van der Waals surface area contributed by atoms with Gasteiger partial charge in [0.2, 0.25) is 5.91 Å². The molecule has 1 unspecified atom stereocenters. The van der Waals surface area contributed by atoms with Gasteiger partial charge in [-0.2, -0.15) is 0 Å². The number of halogens is 2. The van der Waals surface area contributed by atoms with Gasteiger partial charge in [-0.3, -0.25) is 4.79 Å². The van der Waals surface area contributed by atoms with E-state index < -0.39 is 17.8 Å². The summed E-state index contributed by atoms with van der Waals surface area (Å²) in [6.07, 6.45) is 0.440. The second kappa shape index (κ2) is 4.94. The number of rotatable bonds is 3. The molecule has 0 saturated carbocycles. The Labute approximate surface area is 108 Å². The molecular formula is C12H11ClFNO3. The minimum absolute atomic E-state index is 0.0361. The summed E-state index contributed by atoms with van der Waals surface area (Å²) in [6, 6.07) is 3.58. The van der Waals surface area contributed by atoms with Crippen molar-refractivity contribution in [2.24, 2.45) is 0 Å². The lowest BCUT2D eigenvalue weighted by Crippen LogP contribution is -2.38. The summed E-state index contributed by atoms with van der Waals surface area (Å²) in [5.74, 6) is -1.95. The first-order valence-corrected chi connectivity index (χ1v) is 5.83. The Bertz CT molecular complexity index is 506. The van der Waals surface area contributed by atoms with Crippen LogP contribution in [-0.2, 0) is 16.1 Å². The lowest BCUT2D eigenvalue weighted by molar-refractivity contribution is -0.146. The van der Waals surface area contributed by atoms with Gasteiger partial charge < -0.3 is 10.0 Å². The summed E-state index contributed by atoms with van der Waals surface area (Å²) in [6.45, 7) is -0.0673. The Balaban J connectivity index is 2.24. The highest BCUT2D eigenvalue weighted by Gasteiger charge is 2.36. The van der Waals surface area contributed by atoms with Gasteiger partial charge in [-0.15, -0.1) is 0 Å². The van der Waals surface area contributed by atoms with Crippen molar-refractivity contribution in [2.75, 3.05) is 0 Å². The summed E-state index contributed by atoms with van der Waals surface area (Å²) in [5, 5.41) is 8.95. The van der Waals surface area contributed by atoms with Crippen molar-refractivity contribution in [1.82, 2.24) is 4.90 Å². The van der Waals surface area contributed by atoms with Gasteiger partial charge in [-0.05, 0) is 12.5 Å². The van der Waals surface area contributed by atoms with Crippen molar-refractivity contribution in [3.8, 4) is 0 Å². The second-order valence-corrected chi connectivity index (χ2v) is 4.53. The predicted molar refractivity (Wildman–Crippen MR) is 62.6 cm³/mol. The van der Waals surface area contributed by atoms with E-state index in [1.807, 2.05) is 0 Å². The highest BCUT2D eigenvalue weighted by atomic mass is 35.5. The van der Waals surface area contributed by atoms with Gasteiger partial charge in [-0.1, -0.05) is 23.7 Å². The van der Waals surface area contributed by atoms with E-state index in [2.05, 4.69) is 0 Å². The van der Waals surface area contributed by atoms with E-state index in [9.17, 15) is 14.0 Å². The fourth-order valence-electron chi connectivity index (χ4n) is 2.04. The molecule has 0 bridgehead atoms. The number of carbonyl (C=O) groups excluding carboxylic acids is 1. The number of carboxylic acids is 1. The van der Waals surface area contributed by atoms with Crippen LogP contribution >= 0.6 is 11.6 Å². The fourth-order valence-corrected chi connectivity index (χ4v) is 2.24. The van der Waals surface area contributed by atoms with E-state index >= 15 is 0 Å². The van der Waals surface area contributed by atoms with Crippen molar-refractivity contribution in [3.05, 3.63) is 34.6 Å². The van der Waals surface area contributed by atoms with E-state index in [4.69, 9.17) is 16.7 Å². The van der Waals surface area contributed by atoms with Gasteiger partial charge in [0.25, 0.3) is 0 Å². The van der Waals surface area contributed by atoms with Crippen LogP contribution < -0.4 is 0 Å². The summed E-state index contributed by atoms with van der Waals surface area (Å²) >= 11 is 5.64. The molecule has 2 rings (SSSR count). The number of likely N-dealkylation sites (tertiary alicyclic amines) is 1. The molecule has 0 radical (unpaired) electrons. The third kappa shape index (κ3) is 2.31. The van der Waals surface area contributed by atoms with Crippen molar-refractivity contribution in [2.45, 2.75) is 25.4 Å². The molecule has 1 fully saturated rings. The van der Waals surface area contributed by atoms with E-state index in [-0.39, 0.29) is 35.9 Å². The molecule has 1 aliphatic heterocycles. The molecular weight excluding hydrogens is 261 g/mol. The highest BCUT2D eigenvalue weighted by Crippen LogP contribution is 2.25. The molecule has 1 N–H and O–H groups in total. The molecule has 0 aromatic heterocycles. The summed E-state index contributed by atoms with van der Waals surface area (Å²) in [7, 11) is 0. The number of hydrogen-bond acceptors (Lipinski definition) is 2. The Morgan fingerprint density at radius 1 is 1.56 bits per heavy atom. The SMILES string of the molecule is O=C(O)C1CCC(=O)N1Cc1cccc(Cl)c1F. The average Bonchev–Trinajstić information content (AvgIpc) is 2.67. The van der Waals surface area contributed by atoms with Gasteiger partial charge >= 0.3 is 5.97 Å². The van der Waals surface area contributed by atoms with E-state index in [1.54, 1.807) is 6.07 Å². The molecule has 1 atom stereocenters. The van der Waals surface area contributed by atoms with Gasteiger partial charge in [0.15, 0.2) is 0 Å². The molecule has 0 aliphatic carbocycles. The monoisotopic (exact) mass is 271 g/mol. The Morgan fingerprint density at radius 2 is 2.28 bits per heavy atom. The summed E-state index contributed by atoms with van der Waals surface area (Å²) < 4.78 is 13.7. The number of aliphatic carboxylic acids is 1. The van der Waals surface area contributed by atoms with Gasteiger partial charge in [-0.25, -0.2) is 9.18 Å². The molecule has 0 spiro atoms. The maximum Gasteiger partial charge on any atom is 0.326 e. The van der Waals surface area contributed by atoms with Gasteiger partial charge in [0.05, 0.1) is 5.02 Å². The number of nitrogens with zero attached hydrogens (tertiary/aromatic N) is 1. The van der Waals surface area contributed by atoms with Crippen LogP contribution in [-0.4, -0.2) is 27.9 Å². The number of hydrogen-bond donors (Lipinski definition) is 1. The zero-order valence-electron chi connectivity index (χ0n) is 9.40. The first-order chi connectivity index (χ1) is 8.50. The molecule has 1 aromatic rings. The number of carbonyl (C=O) groups is 2. The Hall–Kier alpha value is -1.62. The first-order valence-electron chi connectivity index (χ1n) is 5.46. The van der Waals surface area contributed by atoms with Crippen LogP contribution in [0.3, 0.4) is 0 Å². The average molecular weight is 272 g/mol. The second-order valence-electron chi connectivity index (χ2n) is 4.13. The number of carboxylic acid groups (broad SMARTS) is 1. The molecule has 96 valence electrons. The normalized spacial score (nSPS) is 19.3. The van der Waals surface area contributed by atoms with Crippen LogP contribution in [0.15, 0.2) is 18.2 Å². The minimum atomic E-state index is -1.07. The van der Waals surface area contributed by atoms with Gasteiger partial charge in [0, 0.05) is 18.5 Å². The fraction of sp³-hybridized carbons (Fsp3) is 0.333. The molecule has 1 amide bonds. The smallest absolute Gasteiger partial charge is 0.326 e. The van der Waals surface area contributed by atoms with E-state index in [0.29, 0.717) is 0 Å². The van der Waals surface area contributed by atoms with Crippen LogP contribution in [0.4, 0.5) is 4.39 Å². The molecule has 1 aliphatic rings. The Morgan fingerprint density at radius 3 is 2.94 bits per heavy atom. The highest BCUT2D eigenvalue weighted by molar-refractivity contribution is 6.30. The minimum Gasteiger partial charge on any atom is -0.480 e. The van der Waals surface area contributed by atoms with E-state index in [1.165, 1.54) is 17.0 Å². The van der Waals surface area contributed by atoms with E-state index in [0.717, 1.165) is 0 Å². The molecule has 1 saturated heterocycles. The molecule has 4 nitrogen and oxygen atoms in total. The van der Waals surface area contributed by atoms with Crippen molar-refractivity contribution in [3.63, 3.8) is 0 Å². The predicted octanol–water partition coefficient (Wildman–Crippen LogP) is 2.05. The topological polar surface area (TPSA) is 57.6 Å². The largest absolute Gasteiger partial charge is 0.480 e. The number of benzene rings is 1. The van der Waals surface area contributed by atoms with Crippen LogP contribution in [0.5, 0.6) is 0 Å². The summed E-state index contributed by atoms with van der Waals surface area (Å²) in [4.78, 5) is 23.8. The maximum absolute atomic E-state index is 13.7. The Kier molecular flexibility index (Phi) is 3.52. The number of amides is 1. The van der Waals surface area contributed by atoms with Crippen LogP contribution in [0, 0.1) is 5.82 Å². The van der Waals surface area contributed by atoms with Crippen molar-refractivity contribution >= 4 is 23.5 Å². The molecule has 18 heavy (non-hydrogen) atoms. The first kappa shape index (κ1) is 12.8. The zero-order chi connectivity index (χ0) is 13.3. The third-order valence-electron chi connectivity index (χ3n) is 2.99. The van der Waals surface area contributed by atoms with Crippen LogP contribution in [0.1, 0.15) is 18.4 Å². The van der Waals surface area contributed by atoms with Crippen molar-refractivity contribution < 1.29 is 19.1 Å². The molecule has 1 aromatic carbocycles. The van der Waals surface area contributed by atoms with Crippen LogP contribution in [0.25, 0.3) is 0 Å².